The lowest BCUT2D eigenvalue weighted by Gasteiger charge is -2.31. The maximum atomic E-state index is 6.03. The molecule has 4 heterocycles. The summed E-state index contributed by atoms with van der Waals surface area (Å²) in [5.74, 6) is 3.05. The van der Waals surface area contributed by atoms with Crippen LogP contribution >= 0.6 is 22.9 Å². The zero-order chi connectivity index (χ0) is 15.6. The fraction of sp³-hybridized carbons (Fsp3) is 0.647. The Kier molecular flexibility index (Phi) is 4.69. The van der Waals surface area contributed by atoms with E-state index < -0.39 is 0 Å². The van der Waals surface area contributed by atoms with E-state index in [0.717, 1.165) is 36.9 Å². The van der Waals surface area contributed by atoms with Crippen molar-refractivity contribution in [3.63, 3.8) is 0 Å². The third kappa shape index (κ3) is 3.47. The van der Waals surface area contributed by atoms with Gasteiger partial charge in [0, 0.05) is 30.3 Å². The molecule has 0 saturated carbocycles. The molecule has 2 aliphatic rings. The van der Waals surface area contributed by atoms with E-state index in [-0.39, 0.29) is 0 Å². The summed E-state index contributed by atoms with van der Waals surface area (Å²) in [4.78, 5) is 3.91. The first-order valence-electron chi connectivity index (χ1n) is 8.68. The Balaban J connectivity index is 1.39. The van der Waals surface area contributed by atoms with Crippen LogP contribution in [0.2, 0.25) is 4.34 Å². The highest BCUT2D eigenvalue weighted by molar-refractivity contribution is 7.16. The molecule has 1 saturated heterocycles. The van der Waals surface area contributed by atoms with Crippen LogP contribution in [0.5, 0.6) is 0 Å². The van der Waals surface area contributed by atoms with Crippen LogP contribution in [0.4, 0.5) is 0 Å². The van der Waals surface area contributed by atoms with Gasteiger partial charge >= 0.3 is 0 Å². The van der Waals surface area contributed by atoms with Crippen LogP contribution in [0.1, 0.15) is 54.5 Å². The fourth-order valence-electron chi connectivity index (χ4n) is 3.82. The minimum absolute atomic E-state index is 0.581. The van der Waals surface area contributed by atoms with Crippen LogP contribution in [0, 0.1) is 0 Å². The molecular formula is C17H23ClN4S. The number of halogens is 1. The van der Waals surface area contributed by atoms with Gasteiger partial charge in [0.15, 0.2) is 0 Å². The Bertz CT molecular complexity index is 657. The molecule has 124 valence electrons. The Hall–Kier alpha value is -0.910. The number of likely N-dealkylation sites (tertiary alicyclic amines) is 1. The number of hydrogen-bond donors (Lipinski definition) is 0. The molecule has 23 heavy (non-hydrogen) atoms. The van der Waals surface area contributed by atoms with Crippen molar-refractivity contribution in [1.82, 2.24) is 19.7 Å². The van der Waals surface area contributed by atoms with Gasteiger partial charge in [-0.3, -0.25) is 4.90 Å². The number of rotatable bonds is 3. The van der Waals surface area contributed by atoms with Crippen molar-refractivity contribution < 1.29 is 0 Å². The molecule has 0 bridgehead atoms. The van der Waals surface area contributed by atoms with Crippen molar-refractivity contribution in [3.8, 4) is 0 Å². The summed E-state index contributed by atoms with van der Waals surface area (Å²) in [6.07, 6.45) is 7.35. The van der Waals surface area contributed by atoms with Gasteiger partial charge in [-0.1, -0.05) is 18.0 Å². The van der Waals surface area contributed by atoms with Gasteiger partial charge in [0.05, 0.1) is 4.34 Å². The molecule has 4 rings (SSSR count). The van der Waals surface area contributed by atoms with Crippen molar-refractivity contribution in [2.45, 2.75) is 57.5 Å². The second kappa shape index (κ2) is 6.91. The molecule has 4 nitrogen and oxygen atoms in total. The Labute approximate surface area is 146 Å². The molecule has 0 unspecified atom stereocenters. The van der Waals surface area contributed by atoms with E-state index >= 15 is 0 Å². The Morgan fingerprint density at radius 1 is 1.09 bits per heavy atom. The summed E-state index contributed by atoms with van der Waals surface area (Å²) in [6.45, 7) is 4.43. The zero-order valence-electron chi connectivity index (χ0n) is 13.4. The minimum atomic E-state index is 0.581. The average molecular weight is 351 g/mol. The predicted molar refractivity (Wildman–Crippen MR) is 94.2 cm³/mol. The maximum Gasteiger partial charge on any atom is 0.136 e. The summed E-state index contributed by atoms with van der Waals surface area (Å²) < 4.78 is 3.31. The lowest BCUT2D eigenvalue weighted by atomic mass is 9.95. The van der Waals surface area contributed by atoms with Gasteiger partial charge in [-0.25, -0.2) is 0 Å². The van der Waals surface area contributed by atoms with Crippen molar-refractivity contribution in [1.29, 1.82) is 0 Å². The van der Waals surface area contributed by atoms with Crippen LogP contribution < -0.4 is 0 Å². The highest BCUT2D eigenvalue weighted by Gasteiger charge is 2.26. The molecule has 0 N–H and O–H groups in total. The molecule has 6 heteroatoms. The van der Waals surface area contributed by atoms with E-state index in [1.165, 1.54) is 48.6 Å². The summed E-state index contributed by atoms with van der Waals surface area (Å²) >= 11 is 7.73. The fourth-order valence-corrected chi connectivity index (χ4v) is 4.95. The molecule has 1 fully saturated rings. The molecule has 0 spiro atoms. The third-order valence-corrected chi connectivity index (χ3v) is 6.32. The lowest BCUT2D eigenvalue weighted by Crippen LogP contribution is -2.33. The average Bonchev–Trinajstić information content (AvgIpc) is 3.07. The molecule has 0 aliphatic carbocycles. The van der Waals surface area contributed by atoms with Crippen LogP contribution in [-0.2, 0) is 19.5 Å². The van der Waals surface area contributed by atoms with E-state index in [4.69, 9.17) is 11.6 Å². The molecule has 0 amide bonds. The summed E-state index contributed by atoms with van der Waals surface area (Å²) in [5, 5.41) is 9.02. The molecule has 0 aromatic carbocycles. The van der Waals surface area contributed by atoms with Gasteiger partial charge in [0.1, 0.15) is 11.6 Å². The molecular weight excluding hydrogens is 328 g/mol. The quantitative estimate of drug-likeness (QED) is 0.835. The largest absolute Gasteiger partial charge is 0.315 e. The van der Waals surface area contributed by atoms with Gasteiger partial charge < -0.3 is 4.57 Å². The maximum absolute atomic E-state index is 6.03. The molecule has 0 radical (unpaired) electrons. The van der Waals surface area contributed by atoms with Crippen LogP contribution in [0.25, 0.3) is 0 Å². The summed E-state index contributed by atoms with van der Waals surface area (Å²) in [7, 11) is 0. The van der Waals surface area contributed by atoms with Gasteiger partial charge in [0.2, 0.25) is 0 Å². The topological polar surface area (TPSA) is 34.0 Å². The third-order valence-electron chi connectivity index (χ3n) is 5.10. The number of hydrogen-bond acceptors (Lipinski definition) is 4. The second-order valence-corrected chi connectivity index (χ2v) is 8.49. The first kappa shape index (κ1) is 15.6. The van der Waals surface area contributed by atoms with Gasteiger partial charge in [-0.05, 0) is 50.9 Å². The monoisotopic (exact) mass is 350 g/mol. The van der Waals surface area contributed by atoms with E-state index in [9.17, 15) is 0 Å². The number of piperidine rings is 1. The van der Waals surface area contributed by atoms with Gasteiger partial charge in [0.25, 0.3) is 0 Å². The number of nitrogens with zero attached hydrogens (tertiary/aromatic N) is 4. The number of aryl methyl sites for hydroxylation is 1. The van der Waals surface area contributed by atoms with E-state index in [2.05, 4.69) is 25.7 Å². The summed E-state index contributed by atoms with van der Waals surface area (Å²) in [6, 6.07) is 4.15. The normalized spacial score (nSPS) is 20.4. The number of thiophene rings is 1. The highest BCUT2D eigenvalue weighted by atomic mass is 35.5. The Morgan fingerprint density at radius 3 is 2.74 bits per heavy atom. The number of aromatic nitrogens is 3. The van der Waals surface area contributed by atoms with Crippen molar-refractivity contribution in [2.24, 2.45) is 0 Å². The number of fused-ring (bicyclic) bond motifs is 1. The molecule has 0 atom stereocenters. The molecule has 2 aromatic rings. The van der Waals surface area contributed by atoms with E-state index in [1.807, 2.05) is 6.07 Å². The van der Waals surface area contributed by atoms with Gasteiger partial charge in [-0.15, -0.1) is 21.5 Å². The van der Waals surface area contributed by atoms with E-state index in [0.29, 0.717) is 5.92 Å². The van der Waals surface area contributed by atoms with E-state index in [1.54, 1.807) is 11.3 Å². The van der Waals surface area contributed by atoms with Crippen molar-refractivity contribution in [3.05, 3.63) is 33.0 Å². The van der Waals surface area contributed by atoms with Gasteiger partial charge in [-0.2, -0.15) is 0 Å². The second-order valence-electron chi connectivity index (χ2n) is 6.69. The van der Waals surface area contributed by atoms with Crippen LogP contribution in [-0.4, -0.2) is 32.8 Å². The highest BCUT2D eigenvalue weighted by Crippen LogP contribution is 2.30. The first-order valence-corrected chi connectivity index (χ1v) is 9.87. The SMILES string of the molecule is Clc1ccc(CN2CCC(c3nnc4n3CCCCC4)CC2)s1. The van der Waals surface area contributed by atoms with Crippen molar-refractivity contribution in [2.75, 3.05) is 13.1 Å². The standard InChI is InChI=1S/C17H23ClN4S/c18-15-6-5-14(23-15)12-21-10-7-13(8-11-21)17-20-19-16-4-2-1-3-9-22(16)17/h5-6,13H,1-4,7-12H2. The zero-order valence-corrected chi connectivity index (χ0v) is 15.0. The summed E-state index contributed by atoms with van der Waals surface area (Å²) in [5.41, 5.74) is 0. The molecule has 2 aromatic heterocycles. The predicted octanol–water partition coefficient (Wildman–Crippen LogP) is 4.10. The molecule has 2 aliphatic heterocycles. The lowest BCUT2D eigenvalue weighted by molar-refractivity contribution is 0.201. The van der Waals surface area contributed by atoms with Crippen LogP contribution in [0.3, 0.4) is 0 Å². The first-order chi connectivity index (χ1) is 11.3. The minimum Gasteiger partial charge on any atom is -0.315 e. The smallest absolute Gasteiger partial charge is 0.136 e. The van der Waals surface area contributed by atoms with Crippen molar-refractivity contribution >= 4 is 22.9 Å². The Morgan fingerprint density at radius 2 is 1.96 bits per heavy atom. The van der Waals surface area contributed by atoms with Crippen LogP contribution in [0.15, 0.2) is 12.1 Å².